The van der Waals surface area contributed by atoms with Crippen LogP contribution in [0.4, 0.5) is 0 Å². The van der Waals surface area contributed by atoms with Gasteiger partial charge >= 0.3 is 0 Å². The highest BCUT2D eigenvalue weighted by Gasteiger charge is 2.22. The molecule has 1 amide bonds. The first-order valence-corrected chi connectivity index (χ1v) is 4.03. The van der Waals surface area contributed by atoms with Gasteiger partial charge in [-0.3, -0.25) is 4.79 Å². The number of nitrogens with zero attached hydrogens (tertiary/aromatic N) is 2. The van der Waals surface area contributed by atoms with E-state index < -0.39 is 11.9 Å². The van der Waals surface area contributed by atoms with Crippen LogP contribution < -0.4 is 5.73 Å². The predicted molar refractivity (Wildman–Crippen MR) is 42.0 cm³/mol. The van der Waals surface area contributed by atoms with Gasteiger partial charge in [-0.2, -0.15) is 5.26 Å². The van der Waals surface area contributed by atoms with Crippen molar-refractivity contribution >= 4 is 17.7 Å². The van der Waals surface area contributed by atoms with E-state index in [1.807, 2.05) is 11.5 Å². The lowest BCUT2D eigenvalue weighted by Gasteiger charge is -2.17. The fourth-order valence-electron chi connectivity index (χ4n) is 0.755. The first-order valence-electron chi connectivity index (χ1n) is 2.98. The summed E-state index contributed by atoms with van der Waals surface area (Å²) in [5, 5.41) is 10.3. The molecule has 1 aliphatic heterocycles. The molecule has 5 heteroatoms. The number of rotatable bonds is 2. The summed E-state index contributed by atoms with van der Waals surface area (Å²) < 4.78 is 0. The van der Waals surface area contributed by atoms with Crippen LogP contribution in [0.2, 0.25) is 0 Å². The van der Waals surface area contributed by atoms with Crippen molar-refractivity contribution in [3.05, 3.63) is 11.6 Å². The van der Waals surface area contributed by atoms with Crippen molar-refractivity contribution < 1.29 is 4.79 Å². The van der Waals surface area contributed by atoms with Gasteiger partial charge in [0.25, 0.3) is 5.91 Å². The van der Waals surface area contributed by atoms with Gasteiger partial charge in [0.2, 0.25) is 0 Å². The molecular formula is C6H7N3OS. The fraction of sp³-hybridized carbons (Fsp3) is 0.333. The van der Waals surface area contributed by atoms with E-state index in [4.69, 9.17) is 11.0 Å². The highest BCUT2D eigenvalue weighted by molar-refractivity contribution is 8.02. The van der Waals surface area contributed by atoms with Gasteiger partial charge in [-0.05, 0) is 5.41 Å². The Morgan fingerprint density at radius 1 is 1.91 bits per heavy atom. The predicted octanol–water partition coefficient (Wildman–Crippen LogP) is -0.159. The highest BCUT2D eigenvalue weighted by Crippen LogP contribution is 2.17. The second-order valence-corrected chi connectivity index (χ2v) is 2.89. The van der Waals surface area contributed by atoms with E-state index >= 15 is 0 Å². The molecule has 11 heavy (non-hydrogen) atoms. The van der Waals surface area contributed by atoms with Gasteiger partial charge in [-0.1, -0.05) is 0 Å². The van der Waals surface area contributed by atoms with Crippen LogP contribution in [-0.4, -0.2) is 22.7 Å². The van der Waals surface area contributed by atoms with Crippen LogP contribution in [0.15, 0.2) is 11.6 Å². The molecule has 1 aliphatic rings. The number of hydrogen-bond acceptors (Lipinski definition) is 4. The average molecular weight is 169 g/mol. The van der Waals surface area contributed by atoms with Crippen molar-refractivity contribution in [3.8, 4) is 6.07 Å². The third-order valence-corrected chi connectivity index (χ3v) is 2.06. The molecule has 0 aromatic heterocycles. The Morgan fingerprint density at radius 2 is 2.64 bits per heavy atom. The second kappa shape index (κ2) is 3.30. The maximum absolute atomic E-state index is 10.6. The molecule has 1 atom stereocenters. The number of nitriles is 1. The molecule has 1 unspecified atom stereocenters. The summed E-state index contributed by atoms with van der Waals surface area (Å²) in [5.41, 5.74) is 4.98. The van der Waals surface area contributed by atoms with Crippen molar-refractivity contribution in [1.29, 1.82) is 5.26 Å². The molecular weight excluding hydrogens is 162 g/mol. The van der Waals surface area contributed by atoms with E-state index in [0.29, 0.717) is 5.88 Å². The molecule has 0 aromatic carbocycles. The summed E-state index contributed by atoms with van der Waals surface area (Å²) in [6, 6.07) is 1.01. The van der Waals surface area contributed by atoms with Crippen LogP contribution in [0.3, 0.4) is 0 Å². The van der Waals surface area contributed by atoms with Gasteiger partial charge in [0.1, 0.15) is 0 Å². The normalized spacial score (nSPS) is 17.9. The van der Waals surface area contributed by atoms with Crippen LogP contribution in [0.25, 0.3) is 0 Å². The van der Waals surface area contributed by atoms with Gasteiger partial charge in [-0.15, -0.1) is 11.8 Å². The largest absolute Gasteiger partial charge is 0.367 e. The van der Waals surface area contributed by atoms with Crippen LogP contribution in [0.5, 0.6) is 0 Å². The van der Waals surface area contributed by atoms with Crippen LogP contribution in [0.1, 0.15) is 0 Å². The SMILES string of the molecule is N#CC(C(N)=O)N1C=CSC1. The van der Waals surface area contributed by atoms with E-state index in [0.717, 1.165) is 0 Å². The van der Waals surface area contributed by atoms with Crippen molar-refractivity contribution in [2.24, 2.45) is 5.73 Å². The average Bonchev–Trinajstić information content (AvgIpc) is 2.40. The van der Waals surface area contributed by atoms with Crippen molar-refractivity contribution in [1.82, 2.24) is 4.90 Å². The Morgan fingerprint density at radius 3 is 3.00 bits per heavy atom. The van der Waals surface area contributed by atoms with Gasteiger partial charge in [0.05, 0.1) is 11.9 Å². The van der Waals surface area contributed by atoms with Crippen molar-refractivity contribution in [3.63, 3.8) is 0 Å². The zero-order chi connectivity index (χ0) is 8.27. The lowest BCUT2D eigenvalue weighted by Crippen LogP contribution is -2.39. The molecule has 0 bridgehead atoms. The van der Waals surface area contributed by atoms with E-state index in [2.05, 4.69) is 0 Å². The summed E-state index contributed by atoms with van der Waals surface area (Å²) in [6.45, 7) is 0. The number of carbonyl (C=O) groups is 1. The standard InChI is InChI=1S/C6H7N3OS/c7-3-5(6(8)10)9-1-2-11-4-9/h1-2,5H,4H2,(H2,8,10). The minimum absolute atomic E-state index is 0.598. The zero-order valence-electron chi connectivity index (χ0n) is 5.73. The zero-order valence-corrected chi connectivity index (χ0v) is 6.54. The number of amides is 1. The molecule has 0 saturated carbocycles. The van der Waals surface area contributed by atoms with E-state index in [1.54, 1.807) is 11.1 Å². The molecule has 58 valence electrons. The fourth-order valence-corrected chi connectivity index (χ4v) is 1.49. The van der Waals surface area contributed by atoms with Gasteiger partial charge < -0.3 is 10.6 Å². The number of hydrogen-bond donors (Lipinski definition) is 1. The van der Waals surface area contributed by atoms with Gasteiger partial charge in [0.15, 0.2) is 6.04 Å². The first-order chi connectivity index (χ1) is 5.25. The lowest BCUT2D eigenvalue weighted by atomic mass is 10.3. The quantitative estimate of drug-likeness (QED) is 0.623. The van der Waals surface area contributed by atoms with Crippen LogP contribution in [-0.2, 0) is 4.79 Å². The molecule has 1 heterocycles. The molecule has 0 saturated heterocycles. The Labute approximate surface area is 68.6 Å². The molecule has 4 nitrogen and oxygen atoms in total. The summed E-state index contributed by atoms with van der Waals surface area (Å²) >= 11 is 1.53. The Balaban J connectivity index is 2.63. The summed E-state index contributed by atoms with van der Waals surface area (Å²) in [7, 11) is 0. The van der Waals surface area contributed by atoms with E-state index in [1.165, 1.54) is 11.8 Å². The Bertz CT molecular complexity index is 232. The number of nitrogens with two attached hydrogens (primary N) is 1. The Kier molecular flexibility index (Phi) is 2.39. The van der Waals surface area contributed by atoms with E-state index in [9.17, 15) is 4.79 Å². The van der Waals surface area contributed by atoms with E-state index in [-0.39, 0.29) is 0 Å². The maximum Gasteiger partial charge on any atom is 0.254 e. The number of primary amides is 1. The Hall–Kier alpha value is -1.15. The monoisotopic (exact) mass is 169 g/mol. The lowest BCUT2D eigenvalue weighted by molar-refractivity contribution is -0.120. The third-order valence-electron chi connectivity index (χ3n) is 1.30. The summed E-state index contributed by atoms with van der Waals surface area (Å²) in [6.07, 6.45) is 1.70. The number of thioether (sulfide) groups is 1. The molecule has 2 N–H and O–H groups in total. The maximum atomic E-state index is 10.6. The topological polar surface area (TPSA) is 70.1 Å². The van der Waals surface area contributed by atoms with Crippen molar-refractivity contribution in [2.75, 3.05) is 5.88 Å². The first kappa shape index (κ1) is 7.95. The molecule has 0 aliphatic carbocycles. The molecule has 0 aromatic rings. The minimum Gasteiger partial charge on any atom is -0.367 e. The van der Waals surface area contributed by atoms with Gasteiger partial charge in [-0.25, -0.2) is 0 Å². The highest BCUT2D eigenvalue weighted by atomic mass is 32.2. The summed E-state index contributed by atoms with van der Waals surface area (Å²) in [4.78, 5) is 12.2. The summed E-state index contributed by atoms with van der Waals surface area (Å²) in [5.74, 6) is 0.0286. The molecule has 0 fully saturated rings. The molecule has 0 spiro atoms. The minimum atomic E-state index is -0.818. The van der Waals surface area contributed by atoms with Gasteiger partial charge in [0, 0.05) is 6.20 Å². The van der Waals surface area contributed by atoms with Crippen LogP contribution in [0, 0.1) is 11.3 Å². The second-order valence-electron chi connectivity index (χ2n) is 2.03. The van der Waals surface area contributed by atoms with Crippen LogP contribution >= 0.6 is 11.8 Å². The smallest absolute Gasteiger partial charge is 0.254 e. The van der Waals surface area contributed by atoms with Crippen molar-refractivity contribution in [2.45, 2.75) is 6.04 Å². The molecule has 0 radical (unpaired) electrons. The number of carbonyl (C=O) groups excluding carboxylic acids is 1. The molecule has 1 rings (SSSR count). The third kappa shape index (κ3) is 1.65.